The summed E-state index contributed by atoms with van der Waals surface area (Å²) in [5.74, 6) is -0.216. The highest BCUT2D eigenvalue weighted by Crippen LogP contribution is 2.37. The first-order valence-electron chi connectivity index (χ1n) is 7.12. The van der Waals surface area contributed by atoms with Crippen molar-refractivity contribution in [1.82, 2.24) is 10.3 Å². The van der Waals surface area contributed by atoms with Crippen LogP contribution in [0.1, 0.15) is 35.5 Å². The number of hydrogen-bond acceptors (Lipinski definition) is 3. The summed E-state index contributed by atoms with van der Waals surface area (Å²) < 4.78 is 0. The lowest BCUT2D eigenvalue weighted by Crippen LogP contribution is -2.27. The lowest BCUT2D eigenvalue weighted by molar-refractivity contribution is -0.119. The van der Waals surface area contributed by atoms with E-state index in [1.807, 2.05) is 32.0 Å². The van der Waals surface area contributed by atoms with Gasteiger partial charge in [0, 0.05) is 18.4 Å². The molecule has 0 aliphatic carbocycles. The number of anilines is 1. The number of aromatic nitrogens is 1. The number of nitrogens with one attached hydrogen (secondary N) is 2. The van der Waals surface area contributed by atoms with Crippen molar-refractivity contribution in [3.8, 4) is 0 Å². The highest BCUT2D eigenvalue weighted by molar-refractivity contribution is 6.05. The minimum absolute atomic E-state index is 0.00262. The van der Waals surface area contributed by atoms with Crippen molar-refractivity contribution in [2.24, 2.45) is 0 Å². The third kappa shape index (κ3) is 2.45. The molecule has 22 heavy (non-hydrogen) atoms. The van der Waals surface area contributed by atoms with Crippen LogP contribution in [0.3, 0.4) is 0 Å². The van der Waals surface area contributed by atoms with Crippen molar-refractivity contribution in [2.75, 3.05) is 5.32 Å². The van der Waals surface area contributed by atoms with Crippen LogP contribution in [0.2, 0.25) is 0 Å². The Labute approximate surface area is 128 Å². The Balaban J connectivity index is 1.74. The highest BCUT2D eigenvalue weighted by atomic mass is 16.2. The van der Waals surface area contributed by atoms with Crippen molar-refractivity contribution in [3.63, 3.8) is 0 Å². The molecule has 1 aromatic carbocycles. The maximum atomic E-state index is 12.0. The van der Waals surface area contributed by atoms with Crippen LogP contribution in [0.5, 0.6) is 0 Å². The topological polar surface area (TPSA) is 71.1 Å². The van der Waals surface area contributed by atoms with Crippen LogP contribution < -0.4 is 10.6 Å². The number of benzene rings is 1. The van der Waals surface area contributed by atoms with E-state index in [0.29, 0.717) is 12.2 Å². The maximum absolute atomic E-state index is 12.0. The third-order valence-corrected chi connectivity index (χ3v) is 3.92. The summed E-state index contributed by atoms with van der Waals surface area (Å²) in [7, 11) is 0. The molecule has 3 rings (SSSR count). The van der Waals surface area contributed by atoms with Crippen molar-refractivity contribution < 1.29 is 9.59 Å². The van der Waals surface area contributed by atoms with E-state index in [0.717, 1.165) is 16.8 Å². The predicted octanol–water partition coefficient (Wildman–Crippen LogP) is 2.24. The summed E-state index contributed by atoms with van der Waals surface area (Å²) >= 11 is 0. The number of carbonyl (C=O) groups is 2. The summed E-state index contributed by atoms with van der Waals surface area (Å²) in [5.41, 5.74) is 2.60. The smallest absolute Gasteiger partial charge is 0.270 e. The average Bonchev–Trinajstić information content (AvgIpc) is 2.75. The number of fused-ring (bicyclic) bond motifs is 1. The molecule has 0 atom stereocenters. The Morgan fingerprint density at radius 3 is 2.82 bits per heavy atom. The second-order valence-corrected chi connectivity index (χ2v) is 5.86. The molecule has 2 heterocycles. The SMILES string of the molecule is CC1(C)C(=O)Nc2ccc(CNC(=O)c3ccccn3)cc21. The quantitative estimate of drug-likeness (QED) is 0.912. The third-order valence-electron chi connectivity index (χ3n) is 3.92. The van der Waals surface area contributed by atoms with Gasteiger partial charge >= 0.3 is 0 Å². The Morgan fingerprint density at radius 2 is 2.09 bits per heavy atom. The van der Waals surface area contributed by atoms with E-state index < -0.39 is 5.41 Å². The van der Waals surface area contributed by atoms with Gasteiger partial charge in [0.2, 0.25) is 5.91 Å². The maximum Gasteiger partial charge on any atom is 0.270 e. The lowest BCUT2D eigenvalue weighted by atomic mass is 9.85. The summed E-state index contributed by atoms with van der Waals surface area (Å²) in [4.78, 5) is 27.9. The van der Waals surface area contributed by atoms with Gasteiger partial charge in [-0.05, 0) is 43.2 Å². The summed E-state index contributed by atoms with van der Waals surface area (Å²) in [6.07, 6.45) is 1.59. The highest BCUT2D eigenvalue weighted by Gasteiger charge is 2.38. The summed E-state index contributed by atoms with van der Waals surface area (Å²) in [5, 5.41) is 5.71. The Kier molecular flexibility index (Phi) is 3.41. The van der Waals surface area contributed by atoms with Crippen molar-refractivity contribution >= 4 is 17.5 Å². The Bertz CT molecular complexity index is 739. The fourth-order valence-corrected chi connectivity index (χ4v) is 2.50. The molecule has 0 bridgehead atoms. The van der Waals surface area contributed by atoms with E-state index in [1.165, 1.54) is 0 Å². The van der Waals surface area contributed by atoms with Crippen LogP contribution in [0.4, 0.5) is 5.69 Å². The van der Waals surface area contributed by atoms with Crippen LogP contribution in [0.15, 0.2) is 42.6 Å². The monoisotopic (exact) mass is 295 g/mol. The number of pyridine rings is 1. The molecule has 0 saturated heterocycles. The fourth-order valence-electron chi connectivity index (χ4n) is 2.50. The second-order valence-electron chi connectivity index (χ2n) is 5.86. The molecule has 1 aliphatic heterocycles. The first kappa shape index (κ1) is 14.3. The van der Waals surface area contributed by atoms with Crippen LogP contribution in [-0.2, 0) is 16.8 Å². The van der Waals surface area contributed by atoms with Crippen molar-refractivity contribution in [3.05, 3.63) is 59.4 Å². The zero-order valence-corrected chi connectivity index (χ0v) is 12.5. The normalized spacial score (nSPS) is 15.1. The molecule has 0 spiro atoms. The number of rotatable bonds is 3. The fraction of sp³-hybridized carbons (Fsp3) is 0.235. The second kappa shape index (κ2) is 5.26. The lowest BCUT2D eigenvalue weighted by Gasteiger charge is -2.16. The number of amides is 2. The minimum atomic E-state index is -0.545. The van der Waals surface area contributed by atoms with Crippen LogP contribution in [-0.4, -0.2) is 16.8 Å². The molecule has 5 nitrogen and oxygen atoms in total. The molecule has 1 aromatic heterocycles. The molecule has 5 heteroatoms. The van der Waals surface area contributed by atoms with E-state index in [1.54, 1.807) is 24.4 Å². The van der Waals surface area contributed by atoms with Crippen molar-refractivity contribution in [2.45, 2.75) is 25.8 Å². The van der Waals surface area contributed by atoms with Gasteiger partial charge < -0.3 is 10.6 Å². The first-order valence-corrected chi connectivity index (χ1v) is 7.12. The average molecular weight is 295 g/mol. The minimum Gasteiger partial charge on any atom is -0.347 e. The zero-order chi connectivity index (χ0) is 15.7. The van der Waals surface area contributed by atoms with Gasteiger partial charge in [-0.3, -0.25) is 14.6 Å². The predicted molar refractivity (Wildman–Crippen MR) is 83.5 cm³/mol. The molecule has 0 unspecified atom stereocenters. The molecular weight excluding hydrogens is 278 g/mol. The van der Waals surface area contributed by atoms with Gasteiger partial charge in [0.25, 0.3) is 5.91 Å². The number of hydrogen-bond donors (Lipinski definition) is 2. The van der Waals surface area contributed by atoms with Gasteiger partial charge in [0.1, 0.15) is 5.69 Å². The van der Waals surface area contributed by atoms with E-state index >= 15 is 0 Å². The largest absolute Gasteiger partial charge is 0.347 e. The van der Waals surface area contributed by atoms with Gasteiger partial charge in [-0.25, -0.2) is 0 Å². The number of carbonyl (C=O) groups excluding carboxylic acids is 2. The Hall–Kier alpha value is -2.69. The van der Waals surface area contributed by atoms with E-state index in [4.69, 9.17) is 0 Å². The Morgan fingerprint density at radius 1 is 1.27 bits per heavy atom. The molecule has 0 fully saturated rings. The van der Waals surface area contributed by atoms with E-state index in [-0.39, 0.29) is 11.8 Å². The molecule has 2 aromatic rings. The molecule has 112 valence electrons. The summed E-state index contributed by atoms with van der Waals surface area (Å²) in [6, 6.07) is 11.0. The molecule has 1 aliphatic rings. The number of nitrogens with zero attached hydrogens (tertiary/aromatic N) is 1. The molecule has 0 radical (unpaired) electrons. The van der Waals surface area contributed by atoms with Gasteiger partial charge in [-0.15, -0.1) is 0 Å². The molecule has 2 amide bonds. The molecule has 0 saturated carbocycles. The van der Waals surface area contributed by atoms with Crippen LogP contribution >= 0.6 is 0 Å². The van der Waals surface area contributed by atoms with Crippen LogP contribution in [0, 0.1) is 0 Å². The van der Waals surface area contributed by atoms with Gasteiger partial charge in [-0.2, -0.15) is 0 Å². The summed E-state index contributed by atoms with van der Waals surface area (Å²) in [6.45, 7) is 4.18. The molecule has 2 N–H and O–H groups in total. The van der Waals surface area contributed by atoms with Gasteiger partial charge in [0.15, 0.2) is 0 Å². The van der Waals surface area contributed by atoms with Gasteiger partial charge in [-0.1, -0.05) is 18.2 Å². The first-order chi connectivity index (χ1) is 10.5. The van der Waals surface area contributed by atoms with Crippen molar-refractivity contribution in [1.29, 1.82) is 0 Å². The van der Waals surface area contributed by atoms with E-state index in [2.05, 4.69) is 15.6 Å². The molecular formula is C17H17N3O2. The van der Waals surface area contributed by atoms with Gasteiger partial charge in [0.05, 0.1) is 5.41 Å². The standard InChI is InChI=1S/C17H17N3O2/c1-17(2)12-9-11(6-7-13(12)20-16(17)22)10-19-15(21)14-5-3-4-8-18-14/h3-9H,10H2,1-2H3,(H,19,21)(H,20,22). The zero-order valence-electron chi connectivity index (χ0n) is 12.5. The van der Waals surface area contributed by atoms with E-state index in [9.17, 15) is 9.59 Å². The van der Waals surface area contributed by atoms with Crippen LogP contribution in [0.25, 0.3) is 0 Å².